The highest BCUT2D eigenvalue weighted by atomic mass is 79.9. The van der Waals surface area contributed by atoms with Gasteiger partial charge in [0.15, 0.2) is 0 Å². The zero-order chi connectivity index (χ0) is 11.3. The fourth-order valence-corrected chi connectivity index (χ4v) is 2.63. The number of aromatic nitrogens is 2. The second-order valence-electron chi connectivity index (χ2n) is 4.01. The summed E-state index contributed by atoms with van der Waals surface area (Å²) in [5.41, 5.74) is 0.574. The van der Waals surface area contributed by atoms with Crippen molar-refractivity contribution < 1.29 is 0 Å². The van der Waals surface area contributed by atoms with Gasteiger partial charge in [-0.25, -0.2) is 4.98 Å². The molecule has 3 nitrogen and oxygen atoms in total. The quantitative estimate of drug-likeness (QED) is 0.879. The fraction of sp³-hybridized carbons (Fsp3) is 0.273. The van der Waals surface area contributed by atoms with Gasteiger partial charge in [-0.2, -0.15) is 0 Å². The van der Waals surface area contributed by atoms with Crippen molar-refractivity contribution in [1.82, 2.24) is 9.97 Å². The molecule has 5 heteroatoms. The standard InChI is InChI=1S/C11H8BrClN2O/c12-8-4-6(13)3-7-9(8)14-10(5-1-2-5)15-11(7)16/h3-5H,1-2H2,(H,14,15,16). The lowest BCUT2D eigenvalue weighted by atomic mass is 10.2. The molecule has 16 heavy (non-hydrogen) atoms. The highest BCUT2D eigenvalue weighted by molar-refractivity contribution is 9.10. The van der Waals surface area contributed by atoms with Crippen LogP contribution in [0, 0.1) is 0 Å². The summed E-state index contributed by atoms with van der Waals surface area (Å²) < 4.78 is 0.767. The Morgan fingerprint density at radius 3 is 2.88 bits per heavy atom. The van der Waals surface area contributed by atoms with Crippen molar-refractivity contribution >= 4 is 38.4 Å². The minimum Gasteiger partial charge on any atom is -0.310 e. The van der Waals surface area contributed by atoms with Crippen LogP contribution < -0.4 is 5.56 Å². The summed E-state index contributed by atoms with van der Waals surface area (Å²) in [6.07, 6.45) is 2.22. The molecule has 1 aromatic carbocycles. The third-order valence-electron chi connectivity index (χ3n) is 2.71. The van der Waals surface area contributed by atoms with Crippen LogP contribution in [-0.2, 0) is 0 Å². The Kier molecular flexibility index (Phi) is 2.30. The molecular weight excluding hydrogens is 291 g/mol. The molecule has 0 spiro atoms. The van der Waals surface area contributed by atoms with Crippen LogP contribution in [0.3, 0.4) is 0 Å². The molecule has 0 radical (unpaired) electrons. The summed E-state index contributed by atoms with van der Waals surface area (Å²) in [7, 11) is 0. The Morgan fingerprint density at radius 2 is 2.19 bits per heavy atom. The van der Waals surface area contributed by atoms with Crippen molar-refractivity contribution in [2.24, 2.45) is 0 Å². The van der Waals surface area contributed by atoms with Crippen LogP contribution in [0.15, 0.2) is 21.4 Å². The molecule has 3 rings (SSSR count). The summed E-state index contributed by atoms with van der Waals surface area (Å²) in [6, 6.07) is 3.40. The van der Waals surface area contributed by atoms with Crippen molar-refractivity contribution in [2.75, 3.05) is 0 Å². The smallest absolute Gasteiger partial charge is 0.258 e. The zero-order valence-electron chi connectivity index (χ0n) is 8.26. The van der Waals surface area contributed by atoms with Crippen LogP contribution in [-0.4, -0.2) is 9.97 Å². The van der Waals surface area contributed by atoms with Crippen LogP contribution in [0.25, 0.3) is 10.9 Å². The molecule has 1 fully saturated rings. The molecule has 1 aromatic heterocycles. The average molecular weight is 300 g/mol. The van der Waals surface area contributed by atoms with Gasteiger partial charge in [-0.1, -0.05) is 11.6 Å². The fourth-order valence-electron chi connectivity index (χ4n) is 1.73. The normalized spacial score (nSPS) is 15.6. The van der Waals surface area contributed by atoms with E-state index in [1.54, 1.807) is 12.1 Å². The first kappa shape index (κ1) is 10.3. The summed E-state index contributed by atoms with van der Waals surface area (Å²) in [5, 5.41) is 1.06. The number of aromatic amines is 1. The van der Waals surface area contributed by atoms with Crippen LogP contribution >= 0.6 is 27.5 Å². The Morgan fingerprint density at radius 1 is 1.44 bits per heavy atom. The second kappa shape index (κ2) is 3.57. The summed E-state index contributed by atoms with van der Waals surface area (Å²) in [6.45, 7) is 0. The minimum atomic E-state index is -0.116. The molecule has 1 N–H and O–H groups in total. The molecule has 1 aliphatic carbocycles. The van der Waals surface area contributed by atoms with Gasteiger partial charge in [-0.15, -0.1) is 0 Å². The number of benzene rings is 1. The monoisotopic (exact) mass is 298 g/mol. The first-order chi connectivity index (χ1) is 7.65. The third kappa shape index (κ3) is 1.66. The number of fused-ring (bicyclic) bond motifs is 1. The molecular formula is C11H8BrClN2O. The molecule has 1 saturated carbocycles. The van der Waals surface area contributed by atoms with Crippen molar-refractivity contribution in [1.29, 1.82) is 0 Å². The van der Waals surface area contributed by atoms with Gasteiger partial charge in [0.1, 0.15) is 5.82 Å². The first-order valence-corrected chi connectivity index (χ1v) is 6.21. The van der Waals surface area contributed by atoms with Crippen LogP contribution in [0.2, 0.25) is 5.02 Å². The number of H-pyrrole nitrogens is 1. The number of nitrogens with one attached hydrogen (secondary N) is 1. The van der Waals surface area contributed by atoms with Crippen molar-refractivity contribution in [2.45, 2.75) is 18.8 Å². The molecule has 0 unspecified atom stereocenters. The third-order valence-corrected chi connectivity index (χ3v) is 3.53. The molecule has 1 aliphatic rings. The Balaban J connectivity index is 2.37. The highest BCUT2D eigenvalue weighted by Crippen LogP contribution is 2.38. The Bertz CT molecular complexity index is 634. The lowest BCUT2D eigenvalue weighted by Crippen LogP contribution is -2.11. The number of hydrogen-bond donors (Lipinski definition) is 1. The van der Waals surface area contributed by atoms with E-state index in [-0.39, 0.29) is 5.56 Å². The van der Waals surface area contributed by atoms with Crippen molar-refractivity contribution in [3.63, 3.8) is 0 Å². The van der Waals surface area contributed by atoms with E-state index < -0.39 is 0 Å². The molecule has 0 aliphatic heterocycles. The van der Waals surface area contributed by atoms with E-state index in [0.29, 0.717) is 21.8 Å². The van der Waals surface area contributed by atoms with E-state index in [1.807, 2.05) is 0 Å². The van der Waals surface area contributed by atoms with Crippen LogP contribution in [0.4, 0.5) is 0 Å². The topological polar surface area (TPSA) is 45.8 Å². The largest absolute Gasteiger partial charge is 0.310 e. The van der Waals surface area contributed by atoms with Gasteiger partial charge < -0.3 is 4.98 Å². The van der Waals surface area contributed by atoms with E-state index in [2.05, 4.69) is 25.9 Å². The van der Waals surface area contributed by atoms with Gasteiger partial charge in [0.2, 0.25) is 0 Å². The molecule has 1 heterocycles. The molecule has 0 bridgehead atoms. The molecule has 2 aromatic rings. The predicted octanol–water partition coefficient (Wildman–Crippen LogP) is 3.22. The van der Waals surface area contributed by atoms with E-state index in [9.17, 15) is 4.79 Å². The van der Waals surface area contributed by atoms with Gasteiger partial charge in [0.05, 0.1) is 10.9 Å². The molecule has 0 atom stereocenters. The first-order valence-electron chi connectivity index (χ1n) is 5.04. The lowest BCUT2D eigenvalue weighted by molar-refractivity contribution is 0.931. The van der Waals surface area contributed by atoms with E-state index in [0.717, 1.165) is 23.1 Å². The van der Waals surface area contributed by atoms with E-state index >= 15 is 0 Å². The minimum absolute atomic E-state index is 0.116. The Hall–Kier alpha value is -0.870. The summed E-state index contributed by atoms with van der Waals surface area (Å²) in [5.74, 6) is 1.22. The van der Waals surface area contributed by atoms with Crippen LogP contribution in [0.1, 0.15) is 24.6 Å². The van der Waals surface area contributed by atoms with Gasteiger partial charge in [-0.05, 0) is 40.9 Å². The van der Waals surface area contributed by atoms with Crippen LogP contribution in [0.5, 0.6) is 0 Å². The van der Waals surface area contributed by atoms with Gasteiger partial charge in [-0.3, -0.25) is 4.79 Å². The average Bonchev–Trinajstić information content (AvgIpc) is 3.02. The second-order valence-corrected chi connectivity index (χ2v) is 5.30. The van der Waals surface area contributed by atoms with Gasteiger partial charge in [0.25, 0.3) is 5.56 Å². The molecule has 0 amide bonds. The molecule has 0 saturated heterocycles. The predicted molar refractivity (Wildman–Crippen MR) is 67.0 cm³/mol. The van der Waals surface area contributed by atoms with Gasteiger partial charge >= 0.3 is 0 Å². The van der Waals surface area contributed by atoms with Gasteiger partial charge in [0, 0.05) is 15.4 Å². The maximum atomic E-state index is 11.9. The van der Waals surface area contributed by atoms with Crippen molar-refractivity contribution in [3.8, 4) is 0 Å². The van der Waals surface area contributed by atoms with Crippen molar-refractivity contribution in [3.05, 3.63) is 37.8 Å². The SMILES string of the molecule is O=c1[nH]c(C2CC2)nc2c(Br)cc(Cl)cc12. The lowest BCUT2D eigenvalue weighted by Gasteiger charge is -2.03. The Labute approximate surface area is 105 Å². The van der Waals surface area contributed by atoms with E-state index in [4.69, 9.17) is 11.6 Å². The highest BCUT2D eigenvalue weighted by Gasteiger charge is 2.26. The number of rotatable bonds is 1. The number of halogens is 2. The maximum absolute atomic E-state index is 11.9. The molecule has 82 valence electrons. The summed E-state index contributed by atoms with van der Waals surface area (Å²) in [4.78, 5) is 19.2. The zero-order valence-corrected chi connectivity index (χ0v) is 10.6. The number of hydrogen-bond acceptors (Lipinski definition) is 2. The maximum Gasteiger partial charge on any atom is 0.258 e. The van der Waals surface area contributed by atoms with E-state index in [1.165, 1.54) is 0 Å². The summed E-state index contributed by atoms with van der Waals surface area (Å²) >= 11 is 9.29. The number of nitrogens with zero attached hydrogens (tertiary/aromatic N) is 1.